The minimum absolute atomic E-state index is 0.106. The van der Waals surface area contributed by atoms with E-state index in [2.05, 4.69) is 52.0 Å². The number of hydrogen-bond acceptors (Lipinski definition) is 7. The number of allylic oxidation sites excluding steroid dienone is 1. The van der Waals surface area contributed by atoms with Gasteiger partial charge in [-0.3, -0.25) is 14.4 Å². The molecule has 262 valence electrons. The molecule has 0 amide bonds. The molecule has 1 aliphatic heterocycles. The molecule has 8 nitrogen and oxygen atoms in total. The Labute approximate surface area is 289 Å². The first kappa shape index (κ1) is 38.7. The van der Waals surface area contributed by atoms with E-state index in [-0.39, 0.29) is 11.6 Å². The molecule has 0 atom stereocenters. The lowest BCUT2D eigenvalue weighted by molar-refractivity contribution is 0.303. The van der Waals surface area contributed by atoms with Gasteiger partial charge in [-0.25, -0.2) is 13.8 Å². The number of rotatable bonds is 14. The van der Waals surface area contributed by atoms with Crippen LogP contribution < -0.4 is 16.2 Å². The predicted molar refractivity (Wildman–Crippen MR) is 202 cm³/mol. The van der Waals surface area contributed by atoms with Crippen LogP contribution in [0.3, 0.4) is 0 Å². The van der Waals surface area contributed by atoms with Gasteiger partial charge in [-0.2, -0.15) is 4.98 Å². The highest BCUT2D eigenvalue weighted by Crippen LogP contribution is 2.32. The van der Waals surface area contributed by atoms with Gasteiger partial charge in [0.1, 0.15) is 17.3 Å². The molecule has 5 rings (SSSR count). The summed E-state index contributed by atoms with van der Waals surface area (Å²) >= 11 is 0. The highest BCUT2D eigenvalue weighted by molar-refractivity contribution is 5.93. The first-order chi connectivity index (χ1) is 23.8. The Bertz CT molecular complexity index is 1810. The first-order valence-corrected chi connectivity index (χ1v) is 17.4. The molecule has 0 unspecified atom stereocenters. The van der Waals surface area contributed by atoms with Gasteiger partial charge in [0, 0.05) is 60.6 Å². The molecule has 0 bridgehead atoms. The number of aryl methyl sites for hydroxylation is 1. The molecule has 0 aliphatic carbocycles. The van der Waals surface area contributed by atoms with E-state index < -0.39 is 22.9 Å². The van der Waals surface area contributed by atoms with Crippen LogP contribution in [0, 0.1) is 18.6 Å². The van der Waals surface area contributed by atoms with Crippen molar-refractivity contribution in [1.82, 2.24) is 24.8 Å². The molecule has 0 radical (unpaired) electrons. The lowest BCUT2D eigenvalue weighted by Crippen LogP contribution is -2.25. The second-order valence-electron chi connectivity index (χ2n) is 10.9. The van der Waals surface area contributed by atoms with Crippen LogP contribution in [0.25, 0.3) is 33.7 Å². The van der Waals surface area contributed by atoms with Crippen molar-refractivity contribution in [3.8, 4) is 16.9 Å². The molecule has 4 aromatic rings. The number of aliphatic imine (C=N–C) groups is 1. The smallest absolute Gasteiger partial charge is 0.256 e. The van der Waals surface area contributed by atoms with Crippen molar-refractivity contribution in [2.24, 2.45) is 4.99 Å². The number of para-hydroxylation sites is 1. The van der Waals surface area contributed by atoms with Crippen LogP contribution in [0.15, 0.2) is 76.7 Å². The molecule has 10 heteroatoms. The Morgan fingerprint density at radius 2 is 1.69 bits per heavy atom. The normalized spacial score (nSPS) is 11.8. The summed E-state index contributed by atoms with van der Waals surface area (Å²) in [4.78, 5) is 29.5. The van der Waals surface area contributed by atoms with Gasteiger partial charge in [-0.15, -0.1) is 0 Å². The second-order valence-corrected chi connectivity index (χ2v) is 10.9. The fourth-order valence-corrected chi connectivity index (χ4v) is 5.45. The molecule has 0 fully saturated rings. The molecular weight excluding hydrogens is 620 g/mol. The summed E-state index contributed by atoms with van der Waals surface area (Å²) in [6.45, 7) is 22.5. The molecule has 2 aromatic heterocycles. The maximum atomic E-state index is 15.1. The quantitative estimate of drug-likeness (QED) is 0.131. The minimum Gasteiger partial charge on any atom is -0.385 e. The number of halogens is 2. The number of fused-ring (bicyclic) bond motifs is 1. The van der Waals surface area contributed by atoms with E-state index in [9.17, 15) is 4.79 Å². The van der Waals surface area contributed by atoms with E-state index in [0.717, 1.165) is 83.7 Å². The Morgan fingerprint density at radius 3 is 2.35 bits per heavy atom. The minimum atomic E-state index is -0.863. The van der Waals surface area contributed by atoms with Crippen LogP contribution in [-0.2, 0) is 0 Å². The van der Waals surface area contributed by atoms with Crippen molar-refractivity contribution >= 4 is 28.9 Å². The van der Waals surface area contributed by atoms with Crippen LogP contribution in [0.1, 0.15) is 71.9 Å². The van der Waals surface area contributed by atoms with Gasteiger partial charge in [0.15, 0.2) is 5.65 Å². The van der Waals surface area contributed by atoms with Gasteiger partial charge in [0.05, 0.1) is 5.69 Å². The molecule has 0 saturated carbocycles. The maximum Gasteiger partial charge on any atom is 0.256 e. The summed E-state index contributed by atoms with van der Waals surface area (Å²) in [5.41, 5.74) is 3.95. The fourth-order valence-electron chi connectivity index (χ4n) is 5.45. The molecule has 0 spiro atoms. The summed E-state index contributed by atoms with van der Waals surface area (Å²) < 4.78 is 31.1. The Kier molecular flexibility index (Phi) is 15.3. The van der Waals surface area contributed by atoms with Crippen molar-refractivity contribution in [2.75, 3.05) is 38.0 Å². The highest BCUT2D eigenvalue weighted by Gasteiger charge is 2.20. The average Bonchev–Trinajstić information content (AvgIpc) is 3.64. The molecule has 2 N–H and O–H groups in total. The zero-order valence-electron chi connectivity index (χ0n) is 30.0. The number of pyridine rings is 1. The number of nitrogens with one attached hydrogen (secondary N) is 2. The average molecular weight is 672 g/mol. The van der Waals surface area contributed by atoms with Gasteiger partial charge >= 0.3 is 0 Å². The lowest BCUT2D eigenvalue weighted by atomic mass is 9.98. The van der Waals surface area contributed by atoms with Crippen LogP contribution in [-0.4, -0.2) is 58.4 Å². The van der Waals surface area contributed by atoms with Crippen molar-refractivity contribution in [3.63, 3.8) is 0 Å². The standard InChI is InChI=1S/C35H39F2N7O.2C2H6/c1-5-43(6-2)21-9-19-40-35-41-32(27-15-16-31(45)44(34(27)42-35)33-29(36)11-7-12-30(33)37)28-22-25(14-13-23(28)3)24(4)38-20-17-26-10-8-18-39-26;2*1-2/h7,10-16,18,22,38H,4-6,8-9,17,19-21H2,1-3H3,(H,40,41,42);2*1-2H3. The van der Waals surface area contributed by atoms with Crippen LogP contribution in [0.4, 0.5) is 14.7 Å². The maximum absolute atomic E-state index is 15.1. The van der Waals surface area contributed by atoms with Gasteiger partial charge in [0.25, 0.3) is 5.56 Å². The van der Waals surface area contributed by atoms with Crippen molar-refractivity contribution < 1.29 is 8.78 Å². The highest BCUT2D eigenvalue weighted by atomic mass is 19.1. The topological polar surface area (TPSA) is 87.4 Å². The fraction of sp³-hybridized carbons (Fsp3) is 0.385. The van der Waals surface area contributed by atoms with Crippen LogP contribution >= 0.6 is 0 Å². The first-order valence-electron chi connectivity index (χ1n) is 17.4. The van der Waals surface area contributed by atoms with Crippen molar-refractivity contribution in [1.29, 1.82) is 0 Å². The number of anilines is 1. The summed E-state index contributed by atoms with van der Waals surface area (Å²) in [7, 11) is 0. The summed E-state index contributed by atoms with van der Waals surface area (Å²) in [6.07, 6.45) is 6.50. The number of benzene rings is 2. The van der Waals surface area contributed by atoms with Crippen molar-refractivity contribution in [2.45, 2.75) is 67.7 Å². The molecule has 1 aliphatic rings. The number of nitrogens with zero attached hydrogens (tertiary/aromatic N) is 5. The third-order valence-electron chi connectivity index (χ3n) is 8.02. The monoisotopic (exact) mass is 671 g/mol. The summed E-state index contributed by atoms with van der Waals surface area (Å²) in [5, 5.41) is 7.16. The largest absolute Gasteiger partial charge is 0.385 e. The van der Waals surface area contributed by atoms with E-state index in [1.807, 2.05) is 59.0 Å². The Morgan fingerprint density at radius 1 is 0.980 bits per heavy atom. The zero-order valence-corrected chi connectivity index (χ0v) is 30.0. The van der Waals surface area contributed by atoms with Gasteiger partial charge < -0.3 is 15.5 Å². The summed E-state index contributed by atoms with van der Waals surface area (Å²) in [5.74, 6) is -1.46. The van der Waals surface area contributed by atoms with E-state index in [1.165, 1.54) is 12.1 Å². The van der Waals surface area contributed by atoms with Crippen LogP contribution in [0.2, 0.25) is 0 Å². The molecule has 2 aromatic carbocycles. The third kappa shape index (κ3) is 9.69. The van der Waals surface area contributed by atoms with E-state index in [0.29, 0.717) is 24.2 Å². The van der Waals surface area contributed by atoms with Crippen molar-refractivity contribution in [3.05, 3.63) is 100.0 Å². The predicted octanol–water partition coefficient (Wildman–Crippen LogP) is 8.54. The van der Waals surface area contributed by atoms with Crippen LogP contribution in [0.5, 0.6) is 0 Å². The molecule has 0 saturated heterocycles. The van der Waals surface area contributed by atoms with E-state index in [1.54, 1.807) is 6.07 Å². The Balaban J connectivity index is 0.00000157. The van der Waals surface area contributed by atoms with E-state index >= 15 is 8.78 Å². The molecular formula is C39H51F2N7O. The summed E-state index contributed by atoms with van der Waals surface area (Å²) in [6, 6.07) is 12.4. The SMILES string of the molecule is C=C(NCCC1=CCC=N1)c1ccc(C)c(-c2nc(NCCCN(CC)CC)nc3c2ccc(=O)n3-c2c(F)cccc2F)c1.CC.CC. The van der Waals surface area contributed by atoms with E-state index in [4.69, 9.17) is 4.98 Å². The van der Waals surface area contributed by atoms with Gasteiger partial charge in [-0.1, -0.05) is 72.4 Å². The molecule has 49 heavy (non-hydrogen) atoms. The molecule has 3 heterocycles. The second kappa shape index (κ2) is 19.3. The van der Waals surface area contributed by atoms with Gasteiger partial charge in [0.2, 0.25) is 5.95 Å². The number of aromatic nitrogens is 3. The lowest BCUT2D eigenvalue weighted by Gasteiger charge is -2.19. The Hall–Kier alpha value is -4.70. The zero-order chi connectivity index (χ0) is 35.9. The third-order valence-corrected chi connectivity index (χ3v) is 8.02. The number of hydrogen-bond donors (Lipinski definition) is 2. The van der Waals surface area contributed by atoms with Gasteiger partial charge in [-0.05, 0) is 68.4 Å².